The largest absolute Gasteiger partial charge is 0.304 e. The molecule has 0 spiro atoms. The molecule has 1 amide bonds. The zero-order valence-corrected chi connectivity index (χ0v) is 23.6. The van der Waals surface area contributed by atoms with Crippen molar-refractivity contribution in [1.29, 1.82) is 0 Å². The van der Waals surface area contributed by atoms with E-state index in [1.54, 1.807) is 6.07 Å². The third kappa shape index (κ3) is 6.22. The van der Waals surface area contributed by atoms with E-state index in [-0.39, 0.29) is 53.6 Å². The summed E-state index contributed by atoms with van der Waals surface area (Å²) in [5.74, 6) is -4.11. The third-order valence-electron chi connectivity index (χ3n) is 7.05. The van der Waals surface area contributed by atoms with E-state index in [1.165, 1.54) is 54.7 Å². The maximum Gasteiger partial charge on any atom is 0.231 e. The van der Waals surface area contributed by atoms with Crippen molar-refractivity contribution >= 4 is 46.4 Å². The fourth-order valence-electron chi connectivity index (χ4n) is 5.18. The number of Topliss-reactive ketones (excluding diaryl/α,β-unsaturated/α-hetero) is 2. The van der Waals surface area contributed by atoms with Crippen molar-refractivity contribution in [2.45, 2.75) is 32.1 Å². The van der Waals surface area contributed by atoms with Crippen LogP contribution in [0.25, 0.3) is 11.1 Å². The van der Waals surface area contributed by atoms with Gasteiger partial charge in [0, 0.05) is 35.9 Å². The van der Waals surface area contributed by atoms with E-state index < -0.39 is 29.2 Å². The second-order valence-corrected chi connectivity index (χ2v) is 10.9. The molecule has 0 bridgehead atoms. The van der Waals surface area contributed by atoms with Crippen LogP contribution in [0.15, 0.2) is 61.1 Å². The number of amides is 1. The van der Waals surface area contributed by atoms with Crippen LogP contribution in [0.3, 0.4) is 0 Å². The van der Waals surface area contributed by atoms with Gasteiger partial charge in [-0.2, -0.15) is 0 Å². The van der Waals surface area contributed by atoms with Gasteiger partial charge in [-0.1, -0.05) is 29.3 Å². The Balaban J connectivity index is 1.51. The van der Waals surface area contributed by atoms with E-state index in [9.17, 15) is 27.6 Å². The van der Waals surface area contributed by atoms with Crippen LogP contribution in [0.5, 0.6) is 0 Å². The number of hydrogen-bond acceptors (Lipinski definition) is 5. The van der Waals surface area contributed by atoms with Crippen LogP contribution >= 0.6 is 23.2 Å². The summed E-state index contributed by atoms with van der Waals surface area (Å²) in [7, 11) is 0. The number of halogens is 5. The van der Waals surface area contributed by atoms with Gasteiger partial charge in [-0.05, 0) is 66.4 Å². The molecule has 6 nitrogen and oxygen atoms in total. The molecule has 0 unspecified atom stereocenters. The second-order valence-electron chi connectivity index (χ2n) is 10.0. The lowest BCUT2D eigenvalue weighted by Gasteiger charge is -2.22. The molecule has 1 aliphatic rings. The van der Waals surface area contributed by atoms with Crippen molar-refractivity contribution in [2.24, 2.45) is 0 Å². The normalized spacial score (nSPS) is 13.3. The molecular weight excluding hydrogens is 590 g/mol. The van der Waals surface area contributed by atoms with Crippen LogP contribution in [0, 0.1) is 17.5 Å². The molecule has 3 aromatic carbocycles. The molecule has 0 N–H and O–H groups in total. The van der Waals surface area contributed by atoms with Crippen molar-refractivity contribution in [2.75, 3.05) is 11.4 Å². The fraction of sp³-hybridized carbons (Fsp3) is 0.194. The summed E-state index contributed by atoms with van der Waals surface area (Å²) in [6.07, 6.45) is 2.64. The van der Waals surface area contributed by atoms with Gasteiger partial charge in [0.2, 0.25) is 5.91 Å². The number of hydrogen-bond donors (Lipinski definition) is 0. The first-order valence-corrected chi connectivity index (χ1v) is 13.6. The Morgan fingerprint density at radius 1 is 1.00 bits per heavy atom. The van der Waals surface area contributed by atoms with E-state index in [4.69, 9.17) is 23.2 Å². The number of rotatable bonds is 9. The Morgan fingerprint density at radius 3 is 2.43 bits per heavy atom. The molecule has 1 atom stereocenters. The van der Waals surface area contributed by atoms with Crippen LogP contribution in [-0.2, 0) is 22.4 Å². The molecular formula is C31H22Cl2F3N3O3. The molecule has 0 saturated heterocycles. The molecule has 0 aliphatic carbocycles. The van der Waals surface area contributed by atoms with Gasteiger partial charge in [-0.25, -0.2) is 23.1 Å². The predicted octanol–water partition coefficient (Wildman–Crippen LogP) is 6.95. The Bertz CT molecular complexity index is 1730. The summed E-state index contributed by atoms with van der Waals surface area (Å²) >= 11 is 12.3. The number of fused-ring (bicyclic) bond motifs is 1. The molecule has 11 heteroatoms. The number of carbonyl (C=O) groups is 3. The molecule has 5 rings (SSSR count). The predicted molar refractivity (Wildman–Crippen MR) is 152 cm³/mol. The standard InChI is InChI=1S/C31H22Cl2F3N3O3/c1-16(40)24-8-18(2-3-28(24)36)25-13-37-15-38-31(25)20(4-17-5-21(34)11-22(35)6-17)7-23(41)14-39-29-12-27(33)26(32)9-19(29)10-30(39)42/h2-3,5-6,8-9,11-13,15,20H,4,7,10,14H2,1H3/t20-/m1/s1. The zero-order chi connectivity index (χ0) is 30.1. The highest BCUT2D eigenvalue weighted by molar-refractivity contribution is 6.42. The van der Waals surface area contributed by atoms with Crippen LogP contribution in [-0.4, -0.2) is 34.0 Å². The average Bonchev–Trinajstić information content (AvgIpc) is 3.21. The minimum atomic E-state index is -0.780. The minimum absolute atomic E-state index is 0.0111. The first-order chi connectivity index (χ1) is 20.0. The maximum atomic E-state index is 14.3. The highest BCUT2D eigenvalue weighted by Crippen LogP contribution is 2.37. The van der Waals surface area contributed by atoms with E-state index in [1.807, 2.05) is 0 Å². The molecule has 214 valence electrons. The van der Waals surface area contributed by atoms with Gasteiger partial charge in [0.15, 0.2) is 11.6 Å². The van der Waals surface area contributed by atoms with Gasteiger partial charge in [-0.15, -0.1) is 0 Å². The number of carbonyl (C=O) groups excluding carboxylic acids is 3. The molecule has 4 aromatic rings. The molecule has 42 heavy (non-hydrogen) atoms. The molecule has 0 fully saturated rings. The topological polar surface area (TPSA) is 80.2 Å². The number of benzene rings is 3. The number of ketones is 2. The summed E-state index contributed by atoms with van der Waals surface area (Å²) in [6, 6.07) is 10.2. The van der Waals surface area contributed by atoms with Crippen LogP contribution < -0.4 is 4.90 Å². The Labute approximate surface area is 249 Å². The van der Waals surface area contributed by atoms with Crippen LogP contribution in [0.1, 0.15) is 46.4 Å². The van der Waals surface area contributed by atoms with Crippen molar-refractivity contribution < 1.29 is 27.6 Å². The third-order valence-corrected chi connectivity index (χ3v) is 7.78. The van der Waals surface area contributed by atoms with Crippen molar-refractivity contribution in [3.63, 3.8) is 0 Å². The van der Waals surface area contributed by atoms with Gasteiger partial charge in [0.05, 0.1) is 34.3 Å². The summed E-state index contributed by atoms with van der Waals surface area (Å²) in [4.78, 5) is 48.1. The highest BCUT2D eigenvalue weighted by Gasteiger charge is 2.31. The second kappa shape index (κ2) is 12.0. The smallest absolute Gasteiger partial charge is 0.231 e. The lowest BCUT2D eigenvalue weighted by molar-refractivity contribution is -0.122. The Kier molecular flexibility index (Phi) is 8.43. The van der Waals surface area contributed by atoms with Crippen LogP contribution in [0.4, 0.5) is 18.9 Å². The molecule has 1 aromatic heterocycles. The molecule has 2 heterocycles. The van der Waals surface area contributed by atoms with Crippen molar-refractivity contribution in [1.82, 2.24) is 9.97 Å². The number of anilines is 1. The van der Waals surface area contributed by atoms with Gasteiger partial charge in [0.25, 0.3) is 0 Å². The first kappa shape index (κ1) is 29.4. The molecule has 0 saturated carbocycles. The summed E-state index contributed by atoms with van der Waals surface area (Å²) < 4.78 is 42.5. The summed E-state index contributed by atoms with van der Waals surface area (Å²) in [5, 5.41) is 0.534. The monoisotopic (exact) mass is 611 g/mol. The van der Waals surface area contributed by atoms with E-state index in [2.05, 4.69) is 9.97 Å². The number of aromatic nitrogens is 2. The van der Waals surface area contributed by atoms with Gasteiger partial charge >= 0.3 is 0 Å². The van der Waals surface area contributed by atoms with Gasteiger partial charge in [-0.3, -0.25) is 14.4 Å². The fourth-order valence-corrected chi connectivity index (χ4v) is 5.52. The zero-order valence-electron chi connectivity index (χ0n) is 22.1. The quantitative estimate of drug-likeness (QED) is 0.191. The number of nitrogens with zero attached hydrogens (tertiary/aromatic N) is 3. The maximum absolute atomic E-state index is 14.3. The van der Waals surface area contributed by atoms with Gasteiger partial charge < -0.3 is 4.90 Å². The molecule has 0 radical (unpaired) electrons. The summed E-state index contributed by atoms with van der Waals surface area (Å²) in [6.45, 7) is 0.965. The Morgan fingerprint density at radius 2 is 1.71 bits per heavy atom. The molecule has 1 aliphatic heterocycles. The summed E-state index contributed by atoms with van der Waals surface area (Å²) in [5.41, 5.74) is 2.47. The SMILES string of the molecule is CC(=O)c1cc(-c2cncnc2[C@@H](CC(=O)CN2C(=O)Cc3cc(Cl)c(Cl)cc32)Cc2cc(F)cc(F)c2)ccc1F. The lowest BCUT2D eigenvalue weighted by Crippen LogP contribution is -2.33. The average molecular weight is 612 g/mol. The lowest BCUT2D eigenvalue weighted by atomic mass is 9.87. The van der Waals surface area contributed by atoms with Crippen LogP contribution in [0.2, 0.25) is 10.0 Å². The minimum Gasteiger partial charge on any atom is -0.304 e. The Hall–Kier alpha value is -4.08. The highest BCUT2D eigenvalue weighted by atomic mass is 35.5. The van der Waals surface area contributed by atoms with E-state index >= 15 is 0 Å². The van der Waals surface area contributed by atoms with E-state index in [0.717, 1.165) is 12.1 Å². The van der Waals surface area contributed by atoms with Crippen molar-refractivity contribution in [3.8, 4) is 11.1 Å². The van der Waals surface area contributed by atoms with Crippen molar-refractivity contribution in [3.05, 3.63) is 111 Å². The van der Waals surface area contributed by atoms with Gasteiger partial charge in [0.1, 0.15) is 23.8 Å². The van der Waals surface area contributed by atoms with E-state index in [0.29, 0.717) is 33.1 Å². The first-order valence-electron chi connectivity index (χ1n) is 12.9.